The molecule has 0 bridgehead atoms. The lowest BCUT2D eigenvalue weighted by Crippen LogP contribution is -2.17. The maximum absolute atomic E-state index is 6.11. The molecule has 13 heavy (non-hydrogen) atoms. The minimum Gasteiger partial charge on any atom is -0.324 e. The zero-order valence-electron chi connectivity index (χ0n) is 8.96. The van der Waals surface area contributed by atoms with Crippen LogP contribution in [0.25, 0.3) is 0 Å². The molecule has 1 atom stereocenters. The number of rotatable bonds is 2. The van der Waals surface area contributed by atoms with Crippen molar-refractivity contribution in [2.75, 3.05) is 0 Å². The van der Waals surface area contributed by atoms with E-state index in [0.29, 0.717) is 5.92 Å². The highest BCUT2D eigenvalue weighted by Gasteiger charge is 2.12. The summed E-state index contributed by atoms with van der Waals surface area (Å²) < 4.78 is 0. The Bertz CT molecular complexity index is 289. The second kappa shape index (κ2) is 3.93. The molecule has 2 N–H and O–H groups in total. The Labute approximate surface area is 81.0 Å². The summed E-state index contributed by atoms with van der Waals surface area (Å²) in [6.07, 6.45) is 0. The number of aryl methyl sites for hydroxylation is 2. The van der Waals surface area contributed by atoms with Gasteiger partial charge in [0.15, 0.2) is 0 Å². The Morgan fingerprint density at radius 3 is 2.31 bits per heavy atom. The van der Waals surface area contributed by atoms with E-state index in [1.54, 1.807) is 0 Å². The molecular weight excluding hydrogens is 158 g/mol. The Hall–Kier alpha value is -0.820. The fourth-order valence-electron chi connectivity index (χ4n) is 1.48. The summed E-state index contributed by atoms with van der Waals surface area (Å²) in [5.74, 6) is 0.500. The van der Waals surface area contributed by atoms with Gasteiger partial charge in [-0.15, -0.1) is 0 Å². The minimum absolute atomic E-state index is 0.167. The van der Waals surface area contributed by atoms with E-state index >= 15 is 0 Å². The summed E-state index contributed by atoms with van der Waals surface area (Å²) in [6.45, 7) is 8.55. The maximum atomic E-state index is 6.11. The molecule has 1 unspecified atom stereocenters. The predicted octanol–water partition coefficient (Wildman–Crippen LogP) is 2.96. The van der Waals surface area contributed by atoms with Crippen molar-refractivity contribution < 1.29 is 0 Å². The second-order valence-electron chi connectivity index (χ2n) is 4.13. The predicted molar refractivity (Wildman–Crippen MR) is 57.7 cm³/mol. The summed E-state index contributed by atoms with van der Waals surface area (Å²) in [5, 5.41) is 0. The second-order valence-corrected chi connectivity index (χ2v) is 4.13. The van der Waals surface area contributed by atoms with Gasteiger partial charge in [0.05, 0.1) is 0 Å². The molecule has 0 aromatic heterocycles. The molecule has 0 aliphatic rings. The SMILES string of the molecule is Cc1ccc(C)c(C(N)C(C)C)c1. The van der Waals surface area contributed by atoms with Crippen molar-refractivity contribution in [1.29, 1.82) is 0 Å². The van der Waals surface area contributed by atoms with Gasteiger partial charge in [0.1, 0.15) is 0 Å². The first-order valence-electron chi connectivity index (χ1n) is 4.85. The van der Waals surface area contributed by atoms with E-state index in [4.69, 9.17) is 5.73 Å². The highest BCUT2D eigenvalue weighted by molar-refractivity contribution is 5.32. The summed E-state index contributed by atoms with van der Waals surface area (Å²) >= 11 is 0. The van der Waals surface area contributed by atoms with Gasteiger partial charge in [-0.05, 0) is 30.9 Å². The average Bonchev–Trinajstić information content (AvgIpc) is 2.08. The van der Waals surface area contributed by atoms with Crippen molar-refractivity contribution in [3.63, 3.8) is 0 Å². The zero-order chi connectivity index (χ0) is 10.0. The third kappa shape index (κ3) is 2.31. The topological polar surface area (TPSA) is 26.0 Å². The Balaban J connectivity index is 3.05. The fourth-order valence-corrected chi connectivity index (χ4v) is 1.48. The summed E-state index contributed by atoms with van der Waals surface area (Å²) in [4.78, 5) is 0. The van der Waals surface area contributed by atoms with Crippen LogP contribution in [-0.4, -0.2) is 0 Å². The zero-order valence-corrected chi connectivity index (χ0v) is 8.96. The van der Waals surface area contributed by atoms with E-state index < -0.39 is 0 Å². The molecule has 1 nitrogen and oxygen atoms in total. The molecule has 0 amide bonds. The van der Waals surface area contributed by atoms with Crippen LogP contribution < -0.4 is 5.73 Å². The van der Waals surface area contributed by atoms with E-state index in [2.05, 4.69) is 45.9 Å². The lowest BCUT2D eigenvalue weighted by molar-refractivity contribution is 0.512. The van der Waals surface area contributed by atoms with Crippen LogP contribution in [-0.2, 0) is 0 Å². The van der Waals surface area contributed by atoms with Gasteiger partial charge in [0.25, 0.3) is 0 Å². The van der Waals surface area contributed by atoms with Crippen molar-refractivity contribution in [3.05, 3.63) is 34.9 Å². The molecule has 1 aromatic rings. The van der Waals surface area contributed by atoms with Crippen LogP contribution in [0.2, 0.25) is 0 Å². The van der Waals surface area contributed by atoms with Crippen LogP contribution in [0, 0.1) is 19.8 Å². The third-order valence-corrected chi connectivity index (χ3v) is 2.51. The Morgan fingerprint density at radius 1 is 1.15 bits per heavy atom. The van der Waals surface area contributed by atoms with Crippen LogP contribution >= 0.6 is 0 Å². The Morgan fingerprint density at radius 2 is 1.77 bits per heavy atom. The molecular formula is C12H19N. The molecule has 0 saturated heterocycles. The molecule has 0 spiro atoms. The van der Waals surface area contributed by atoms with Gasteiger partial charge < -0.3 is 5.73 Å². The fraction of sp³-hybridized carbons (Fsp3) is 0.500. The summed E-state index contributed by atoms with van der Waals surface area (Å²) in [6, 6.07) is 6.64. The molecule has 72 valence electrons. The van der Waals surface area contributed by atoms with Gasteiger partial charge in [0.2, 0.25) is 0 Å². The first-order valence-corrected chi connectivity index (χ1v) is 4.85. The standard InChI is InChI=1S/C12H19N/c1-8(2)12(13)11-7-9(3)5-6-10(11)4/h5-8,12H,13H2,1-4H3. The van der Waals surface area contributed by atoms with Crippen molar-refractivity contribution >= 4 is 0 Å². The largest absolute Gasteiger partial charge is 0.324 e. The number of hydrogen-bond acceptors (Lipinski definition) is 1. The molecule has 0 saturated carbocycles. The maximum Gasteiger partial charge on any atom is 0.0320 e. The minimum atomic E-state index is 0.167. The van der Waals surface area contributed by atoms with Gasteiger partial charge >= 0.3 is 0 Å². The van der Waals surface area contributed by atoms with Crippen molar-refractivity contribution in [3.8, 4) is 0 Å². The van der Waals surface area contributed by atoms with E-state index in [9.17, 15) is 0 Å². The van der Waals surface area contributed by atoms with E-state index in [1.807, 2.05) is 0 Å². The van der Waals surface area contributed by atoms with Gasteiger partial charge in [-0.25, -0.2) is 0 Å². The van der Waals surface area contributed by atoms with Crippen LogP contribution in [0.15, 0.2) is 18.2 Å². The Kier molecular flexibility index (Phi) is 3.10. The molecule has 0 aliphatic carbocycles. The molecule has 1 heteroatoms. The first kappa shape index (κ1) is 10.3. The molecule has 1 aromatic carbocycles. The lowest BCUT2D eigenvalue weighted by atomic mass is 9.92. The van der Waals surface area contributed by atoms with Crippen LogP contribution in [0.5, 0.6) is 0 Å². The summed E-state index contributed by atoms with van der Waals surface area (Å²) in [5.41, 5.74) is 9.98. The molecule has 0 radical (unpaired) electrons. The number of hydrogen-bond donors (Lipinski definition) is 1. The lowest BCUT2D eigenvalue weighted by Gasteiger charge is -2.18. The normalized spacial score (nSPS) is 13.4. The van der Waals surface area contributed by atoms with Crippen LogP contribution in [0.4, 0.5) is 0 Å². The molecule has 0 aliphatic heterocycles. The number of nitrogens with two attached hydrogens (primary N) is 1. The molecule has 0 fully saturated rings. The average molecular weight is 177 g/mol. The van der Waals surface area contributed by atoms with E-state index in [0.717, 1.165) is 0 Å². The smallest absolute Gasteiger partial charge is 0.0320 e. The quantitative estimate of drug-likeness (QED) is 0.738. The number of benzene rings is 1. The van der Waals surface area contributed by atoms with Crippen LogP contribution in [0.1, 0.15) is 36.6 Å². The highest BCUT2D eigenvalue weighted by atomic mass is 14.6. The van der Waals surface area contributed by atoms with E-state index in [1.165, 1.54) is 16.7 Å². The highest BCUT2D eigenvalue weighted by Crippen LogP contribution is 2.22. The molecule has 1 rings (SSSR count). The van der Waals surface area contributed by atoms with Crippen LogP contribution in [0.3, 0.4) is 0 Å². The van der Waals surface area contributed by atoms with Crippen molar-refractivity contribution in [2.24, 2.45) is 11.7 Å². The summed E-state index contributed by atoms with van der Waals surface area (Å²) in [7, 11) is 0. The van der Waals surface area contributed by atoms with E-state index in [-0.39, 0.29) is 6.04 Å². The van der Waals surface area contributed by atoms with Gasteiger partial charge in [-0.1, -0.05) is 37.6 Å². The van der Waals surface area contributed by atoms with Gasteiger partial charge in [0, 0.05) is 6.04 Å². The molecule has 0 heterocycles. The van der Waals surface area contributed by atoms with Crippen molar-refractivity contribution in [1.82, 2.24) is 0 Å². The van der Waals surface area contributed by atoms with Crippen molar-refractivity contribution in [2.45, 2.75) is 33.7 Å². The monoisotopic (exact) mass is 177 g/mol. The first-order chi connectivity index (χ1) is 6.02. The van der Waals surface area contributed by atoms with Gasteiger partial charge in [-0.3, -0.25) is 0 Å². The third-order valence-electron chi connectivity index (χ3n) is 2.51. The van der Waals surface area contributed by atoms with Gasteiger partial charge in [-0.2, -0.15) is 0 Å².